The van der Waals surface area contributed by atoms with Crippen LogP contribution in [0.4, 0.5) is 0 Å². The quantitative estimate of drug-likeness (QED) is 0.752. The van der Waals surface area contributed by atoms with Crippen LogP contribution in [0.3, 0.4) is 0 Å². The number of nitrogens with zero attached hydrogens (tertiary/aromatic N) is 1. The predicted octanol–water partition coefficient (Wildman–Crippen LogP) is 3.04. The molecule has 0 spiro atoms. The Morgan fingerprint density at radius 1 is 1.44 bits per heavy atom. The van der Waals surface area contributed by atoms with Gasteiger partial charge in [0.15, 0.2) is 5.78 Å². The third-order valence-electron chi connectivity index (χ3n) is 2.68. The Morgan fingerprint density at radius 3 is 2.69 bits per heavy atom. The molecule has 0 atom stereocenters. The molecule has 2 rings (SSSR count). The van der Waals surface area contributed by atoms with E-state index in [-0.39, 0.29) is 5.78 Å². The fraction of sp³-hybridized carbons (Fsp3) is 0.250. The van der Waals surface area contributed by atoms with E-state index in [0.717, 1.165) is 10.9 Å². The summed E-state index contributed by atoms with van der Waals surface area (Å²) in [5.41, 5.74) is 1.41. The van der Waals surface area contributed by atoms with Gasteiger partial charge < -0.3 is 9.30 Å². The highest BCUT2D eigenvalue weighted by atomic mass is 35.5. The number of hydrogen-bond donors (Lipinski definition) is 0. The van der Waals surface area contributed by atoms with Crippen molar-refractivity contribution in [2.45, 2.75) is 6.92 Å². The molecule has 2 aromatic rings. The second kappa shape index (κ2) is 3.83. The molecule has 0 aliphatic heterocycles. The molecular weight excluding hydrogens is 226 g/mol. The highest BCUT2D eigenvalue weighted by Crippen LogP contribution is 2.36. The molecule has 0 unspecified atom stereocenters. The van der Waals surface area contributed by atoms with E-state index in [1.165, 1.54) is 6.92 Å². The van der Waals surface area contributed by atoms with E-state index in [0.29, 0.717) is 16.5 Å². The van der Waals surface area contributed by atoms with Crippen LogP contribution in [0.25, 0.3) is 10.9 Å². The molecular formula is C12H12ClNO2. The first kappa shape index (κ1) is 11.0. The van der Waals surface area contributed by atoms with E-state index in [1.54, 1.807) is 11.7 Å². The lowest BCUT2D eigenvalue weighted by atomic mass is 10.2. The number of ketones is 1. The van der Waals surface area contributed by atoms with Crippen molar-refractivity contribution in [3.8, 4) is 5.75 Å². The van der Waals surface area contributed by atoms with Gasteiger partial charge in [-0.15, -0.1) is 0 Å². The van der Waals surface area contributed by atoms with Crippen LogP contribution < -0.4 is 4.74 Å². The molecule has 0 radical (unpaired) electrons. The van der Waals surface area contributed by atoms with Gasteiger partial charge in [0.05, 0.1) is 23.0 Å². The van der Waals surface area contributed by atoms with Crippen LogP contribution >= 0.6 is 11.6 Å². The topological polar surface area (TPSA) is 31.2 Å². The maximum atomic E-state index is 11.5. The number of halogens is 1. The summed E-state index contributed by atoms with van der Waals surface area (Å²) in [5.74, 6) is 0.636. The first-order chi connectivity index (χ1) is 7.57. The third kappa shape index (κ3) is 1.39. The van der Waals surface area contributed by atoms with Gasteiger partial charge in [0.2, 0.25) is 0 Å². The van der Waals surface area contributed by atoms with Crippen molar-refractivity contribution < 1.29 is 9.53 Å². The molecule has 84 valence electrons. The minimum atomic E-state index is -0.0502. The zero-order chi connectivity index (χ0) is 11.9. The van der Waals surface area contributed by atoms with Crippen LogP contribution in [0.15, 0.2) is 18.2 Å². The van der Waals surface area contributed by atoms with Crippen molar-refractivity contribution in [2.24, 2.45) is 7.05 Å². The summed E-state index contributed by atoms with van der Waals surface area (Å²) in [6.07, 6.45) is 0. The normalized spacial score (nSPS) is 10.8. The number of aromatic nitrogens is 1. The van der Waals surface area contributed by atoms with Gasteiger partial charge in [0.1, 0.15) is 11.4 Å². The number of carbonyl (C=O) groups is 1. The first-order valence-corrected chi connectivity index (χ1v) is 5.27. The molecule has 0 saturated carbocycles. The van der Waals surface area contributed by atoms with Crippen LogP contribution in [0.2, 0.25) is 5.02 Å². The molecule has 1 heterocycles. The molecule has 4 heteroatoms. The van der Waals surface area contributed by atoms with Crippen molar-refractivity contribution in [3.05, 3.63) is 28.9 Å². The van der Waals surface area contributed by atoms with Crippen molar-refractivity contribution in [3.63, 3.8) is 0 Å². The van der Waals surface area contributed by atoms with Gasteiger partial charge in [0, 0.05) is 14.0 Å². The van der Waals surface area contributed by atoms with E-state index in [9.17, 15) is 4.79 Å². The van der Waals surface area contributed by atoms with Crippen LogP contribution in [0.5, 0.6) is 5.75 Å². The number of benzene rings is 1. The summed E-state index contributed by atoms with van der Waals surface area (Å²) in [6.45, 7) is 1.51. The van der Waals surface area contributed by atoms with E-state index < -0.39 is 0 Å². The Labute approximate surface area is 98.6 Å². The van der Waals surface area contributed by atoms with Crippen molar-refractivity contribution in [2.75, 3.05) is 7.11 Å². The van der Waals surface area contributed by atoms with Crippen molar-refractivity contribution in [1.82, 2.24) is 4.57 Å². The number of fused-ring (bicyclic) bond motifs is 1. The second-order valence-corrected chi connectivity index (χ2v) is 4.01. The Bertz CT molecular complexity index is 572. The molecule has 0 aliphatic carbocycles. The maximum Gasteiger partial charge on any atom is 0.177 e. The Kier molecular flexibility index (Phi) is 2.64. The Morgan fingerprint density at radius 2 is 2.12 bits per heavy atom. The van der Waals surface area contributed by atoms with Crippen LogP contribution in [-0.4, -0.2) is 17.5 Å². The van der Waals surface area contributed by atoms with E-state index in [4.69, 9.17) is 16.3 Å². The fourth-order valence-corrected chi connectivity index (χ4v) is 2.42. The summed E-state index contributed by atoms with van der Waals surface area (Å²) in [6, 6.07) is 5.62. The van der Waals surface area contributed by atoms with E-state index >= 15 is 0 Å². The minimum absolute atomic E-state index is 0.0502. The number of methoxy groups -OCH3 is 1. The lowest BCUT2D eigenvalue weighted by molar-refractivity contribution is 0.101. The summed E-state index contributed by atoms with van der Waals surface area (Å²) < 4.78 is 7.04. The second-order valence-electron chi connectivity index (χ2n) is 3.63. The molecule has 0 amide bonds. The molecule has 0 aliphatic rings. The molecule has 1 aromatic heterocycles. The van der Waals surface area contributed by atoms with Crippen LogP contribution in [-0.2, 0) is 7.05 Å². The average Bonchev–Trinajstić information content (AvgIpc) is 2.51. The van der Waals surface area contributed by atoms with Crippen molar-refractivity contribution in [1.29, 1.82) is 0 Å². The molecule has 0 bridgehead atoms. The predicted molar refractivity (Wildman–Crippen MR) is 64.5 cm³/mol. The van der Waals surface area contributed by atoms with Gasteiger partial charge in [-0.3, -0.25) is 4.79 Å². The molecule has 1 aromatic carbocycles. The average molecular weight is 238 g/mol. The highest BCUT2D eigenvalue weighted by Gasteiger charge is 2.19. The van der Waals surface area contributed by atoms with Gasteiger partial charge in [0.25, 0.3) is 0 Å². The summed E-state index contributed by atoms with van der Waals surface area (Å²) in [7, 11) is 3.41. The molecule has 3 nitrogen and oxygen atoms in total. The third-order valence-corrected chi connectivity index (χ3v) is 3.05. The Hall–Kier alpha value is -1.48. The standard InChI is InChI=1S/C12H12ClNO2/c1-7(15)12-11(13)10-8(14(12)2)5-4-6-9(10)16-3/h4-6H,1-3H3. The van der Waals surface area contributed by atoms with Gasteiger partial charge in [-0.25, -0.2) is 0 Å². The number of rotatable bonds is 2. The number of carbonyl (C=O) groups excluding carboxylic acids is 1. The van der Waals surface area contributed by atoms with Gasteiger partial charge in [-0.05, 0) is 12.1 Å². The van der Waals surface area contributed by atoms with Crippen molar-refractivity contribution >= 4 is 28.3 Å². The first-order valence-electron chi connectivity index (χ1n) is 4.89. The SMILES string of the molecule is COc1cccc2c1c(Cl)c(C(C)=O)n2C. The number of hydrogen-bond acceptors (Lipinski definition) is 2. The lowest BCUT2D eigenvalue weighted by Gasteiger charge is -2.02. The summed E-state index contributed by atoms with van der Waals surface area (Å²) in [5, 5.41) is 1.25. The highest BCUT2D eigenvalue weighted by molar-refractivity contribution is 6.39. The molecule has 0 fully saturated rings. The maximum absolute atomic E-state index is 11.5. The molecule has 0 saturated heterocycles. The monoisotopic (exact) mass is 237 g/mol. The molecule has 16 heavy (non-hydrogen) atoms. The number of ether oxygens (including phenoxy) is 1. The van der Waals surface area contributed by atoms with Crippen LogP contribution in [0.1, 0.15) is 17.4 Å². The smallest absolute Gasteiger partial charge is 0.177 e. The zero-order valence-electron chi connectivity index (χ0n) is 9.37. The van der Waals surface area contributed by atoms with Crippen LogP contribution in [0, 0.1) is 0 Å². The summed E-state index contributed by atoms with van der Waals surface area (Å²) >= 11 is 6.22. The van der Waals surface area contributed by atoms with E-state index in [2.05, 4.69) is 0 Å². The summed E-state index contributed by atoms with van der Waals surface area (Å²) in [4.78, 5) is 11.5. The molecule has 0 N–H and O–H groups in total. The minimum Gasteiger partial charge on any atom is -0.496 e. The zero-order valence-corrected chi connectivity index (χ0v) is 10.1. The number of Topliss-reactive ketones (excluding diaryl/α,β-unsaturated/α-hetero) is 1. The fourth-order valence-electron chi connectivity index (χ4n) is 1.97. The largest absolute Gasteiger partial charge is 0.496 e. The van der Waals surface area contributed by atoms with Gasteiger partial charge >= 0.3 is 0 Å². The van der Waals surface area contributed by atoms with Gasteiger partial charge in [-0.1, -0.05) is 17.7 Å². The lowest BCUT2D eigenvalue weighted by Crippen LogP contribution is -2.01. The Balaban J connectivity index is 2.93. The van der Waals surface area contributed by atoms with E-state index in [1.807, 2.05) is 25.2 Å². The number of aryl methyl sites for hydroxylation is 1. The van der Waals surface area contributed by atoms with Gasteiger partial charge in [-0.2, -0.15) is 0 Å².